The molecule has 1 fully saturated rings. The Hall–Kier alpha value is -0.410. The summed E-state index contributed by atoms with van der Waals surface area (Å²) >= 11 is 3.44. The van der Waals surface area contributed by atoms with Crippen molar-refractivity contribution in [2.45, 2.75) is 52.0 Å². The Bertz CT molecular complexity index is 435. The van der Waals surface area contributed by atoms with Gasteiger partial charge >= 0.3 is 0 Å². The lowest BCUT2D eigenvalue weighted by molar-refractivity contribution is 0.223. The van der Waals surface area contributed by atoms with Crippen LogP contribution in [0.5, 0.6) is 0 Å². The van der Waals surface area contributed by atoms with E-state index >= 15 is 0 Å². The van der Waals surface area contributed by atoms with Gasteiger partial charge in [-0.3, -0.25) is 0 Å². The van der Waals surface area contributed by atoms with Crippen LogP contribution in [-0.2, 0) is 0 Å². The number of benzene rings is 1. The molecule has 0 saturated heterocycles. The molecular formula is C17H25BrFN. The van der Waals surface area contributed by atoms with Gasteiger partial charge in [0.05, 0.1) is 4.47 Å². The van der Waals surface area contributed by atoms with E-state index in [2.05, 4.69) is 41.2 Å². The molecule has 1 nitrogen and oxygen atoms in total. The van der Waals surface area contributed by atoms with E-state index in [4.69, 9.17) is 0 Å². The second kappa shape index (κ2) is 7.56. The van der Waals surface area contributed by atoms with Crippen LogP contribution in [0, 0.1) is 17.7 Å². The van der Waals surface area contributed by atoms with Gasteiger partial charge in [0.2, 0.25) is 0 Å². The maximum absolute atomic E-state index is 13.8. The zero-order valence-corrected chi connectivity index (χ0v) is 14.0. The molecule has 0 bridgehead atoms. The van der Waals surface area contributed by atoms with E-state index in [1.807, 2.05) is 6.07 Å². The molecule has 1 saturated carbocycles. The Balaban J connectivity index is 2.24. The summed E-state index contributed by atoms with van der Waals surface area (Å²) in [7, 11) is 0. The molecule has 1 aromatic rings. The molecular weight excluding hydrogens is 317 g/mol. The molecule has 0 aromatic heterocycles. The number of hydrogen-bond donors (Lipinski definition) is 1. The molecule has 112 valence electrons. The van der Waals surface area contributed by atoms with Gasteiger partial charge in [0.25, 0.3) is 0 Å². The second-order valence-electron chi connectivity index (χ2n) is 6.11. The van der Waals surface area contributed by atoms with Crippen molar-refractivity contribution in [2.75, 3.05) is 6.54 Å². The zero-order chi connectivity index (χ0) is 14.5. The lowest BCUT2D eigenvalue weighted by atomic mass is 9.76. The average Bonchev–Trinajstić information content (AvgIpc) is 2.44. The molecule has 3 unspecified atom stereocenters. The number of nitrogens with one attached hydrogen (secondary N) is 1. The molecule has 0 radical (unpaired) electrons. The third-order valence-corrected chi connectivity index (χ3v) is 5.22. The Labute approximate surface area is 130 Å². The summed E-state index contributed by atoms with van der Waals surface area (Å²) < 4.78 is 14.5. The Morgan fingerprint density at radius 2 is 2.20 bits per heavy atom. The first kappa shape index (κ1) is 16.0. The van der Waals surface area contributed by atoms with E-state index in [-0.39, 0.29) is 11.9 Å². The predicted molar refractivity (Wildman–Crippen MR) is 86.3 cm³/mol. The SMILES string of the molecule is CCCNC(c1cccc(F)c1Br)C1CCCC(C)C1. The fourth-order valence-corrected chi connectivity index (χ4v) is 3.89. The normalized spacial score (nSPS) is 24.6. The summed E-state index contributed by atoms with van der Waals surface area (Å²) in [6.07, 6.45) is 6.22. The summed E-state index contributed by atoms with van der Waals surface area (Å²) in [6.45, 7) is 5.50. The first-order valence-corrected chi connectivity index (χ1v) is 8.60. The monoisotopic (exact) mass is 341 g/mol. The van der Waals surface area contributed by atoms with E-state index in [0.29, 0.717) is 10.4 Å². The maximum atomic E-state index is 13.8. The molecule has 20 heavy (non-hydrogen) atoms. The van der Waals surface area contributed by atoms with Crippen LogP contribution in [-0.4, -0.2) is 6.54 Å². The smallest absolute Gasteiger partial charge is 0.137 e. The van der Waals surface area contributed by atoms with Crippen molar-refractivity contribution in [3.8, 4) is 0 Å². The molecule has 0 amide bonds. The van der Waals surface area contributed by atoms with Crippen molar-refractivity contribution < 1.29 is 4.39 Å². The number of hydrogen-bond acceptors (Lipinski definition) is 1. The minimum Gasteiger partial charge on any atom is -0.310 e. The molecule has 0 spiro atoms. The molecule has 2 rings (SSSR count). The molecule has 1 aliphatic rings. The standard InChI is InChI=1S/C17H25BrFN/c1-3-10-20-17(13-7-4-6-12(2)11-13)14-8-5-9-15(19)16(14)18/h5,8-9,12-13,17,20H,3-4,6-7,10-11H2,1-2H3. The maximum Gasteiger partial charge on any atom is 0.137 e. The van der Waals surface area contributed by atoms with Crippen LogP contribution < -0.4 is 5.32 Å². The van der Waals surface area contributed by atoms with Gasteiger partial charge in [-0.25, -0.2) is 4.39 Å². The third-order valence-electron chi connectivity index (χ3n) is 4.38. The molecule has 1 aliphatic carbocycles. The number of halogens is 2. The molecule has 0 heterocycles. The van der Waals surface area contributed by atoms with Crippen molar-refractivity contribution in [2.24, 2.45) is 11.8 Å². The van der Waals surface area contributed by atoms with Crippen LogP contribution in [0.2, 0.25) is 0 Å². The van der Waals surface area contributed by atoms with Crippen LogP contribution in [0.4, 0.5) is 4.39 Å². The predicted octanol–water partition coefficient (Wildman–Crippen LogP) is 5.46. The third kappa shape index (κ3) is 3.82. The van der Waals surface area contributed by atoms with E-state index in [9.17, 15) is 4.39 Å². The lowest BCUT2D eigenvalue weighted by Crippen LogP contribution is -2.32. The fraction of sp³-hybridized carbons (Fsp3) is 0.647. The summed E-state index contributed by atoms with van der Waals surface area (Å²) in [5.41, 5.74) is 1.08. The topological polar surface area (TPSA) is 12.0 Å². The first-order chi connectivity index (χ1) is 9.63. The van der Waals surface area contributed by atoms with Crippen molar-refractivity contribution in [1.29, 1.82) is 0 Å². The first-order valence-electron chi connectivity index (χ1n) is 7.80. The summed E-state index contributed by atoms with van der Waals surface area (Å²) in [5, 5.41) is 3.65. The highest BCUT2D eigenvalue weighted by atomic mass is 79.9. The molecule has 1 N–H and O–H groups in total. The minimum atomic E-state index is -0.158. The summed E-state index contributed by atoms with van der Waals surface area (Å²) in [5.74, 6) is 1.24. The molecule has 0 aliphatic heterocycles. The van der Waals surface area contributed by atoms with Gasteiger partial charge in [-0.2, -0.15) is 0 Å². The van der Waals surface area contributed by atoms with Crippen LogP contribution in [0.1, 0.15) is 57.6 Å². The number of rotatable bonds is 5. The van der Waals surface area contributed by atoms with Crippen LogP contribution >= 0.6 is 15.9 Å². The van der Waals surface area contributed by atoms with Gasteiger partial charge in [0.15, 0.2) is 0 Å². The van der Waals surface area contributed by atoms with E-state index in [1.165, 1.54) is 31.7 Å². The van der Waals surface area contributed by atoms with Gasteiger partial charge in [-0.15, -0.1) is 0 Å². The molecule has 3 atom stereocenters. The lowest BCUT2D eigenvalue weighted by Gasteiger charge is -2.34. The van der Waals surface area contributed by atoms with Gasteiger partial charge in [-0.05, 0) is 65.2 Å². The van der Waals surface area contributed by atoms with Crippen molar-refractivity contribution in [3.63, 3.8) is 0 Å². The Morgan fingerprint density at radius 3 is 2.90 bits per heavy atom. The van der Waals surface area contributed by atoms with Gasteiger partial charge in [-0.1, -0.05) is 38.8 Å². The van der Waals surface area contributed by atoms with E-state index in [0.717, 1.165) is 24.4 Å². The van der Waals surface area contributed by atoms with Crippen molar-refractivity contribution in [1.82, 2.24) is 5.32 Å². The fourth-order valence-electron chi connectivity index (χ4n) is 3.37. The molecule has 3 heteroatoms. The van der Waals surface area contributed by atoms with Crippen LogP contribution in [0.25, 0.3) is 0 Å². The van der Waals surface area contributed by atoms with Crippen molar-refractivity contribution >= 4 is 15.9 Å². The highest BCUT2D eigenvalue weighted by Crippen LogP contribution is 2.39. The highest BCUT2D eigenvalue weighted by molar-refractivity contribution is 9.10. The Morgan fingerprint density at radius 1 is 1.40 bits per heavy atom. The largest absolute Gasteiger partial charge is 0.310 e. The van der Waals surface area contributed by atoms with E-state index in [1.54, 1.807) is 0 Å². The minimum absolute atomic E-state index is 0.158. The molecule has 1 aromatic carbocycles. The second-order valence-corrected chi connectivity index (χ2v) is 6.90. The Kier molecular flexibility index (Phi) is 6.03. The highest BCUT2D eigenvalue weighted by Gasteiger charge is 2.29. The van der Waals surface area contributed by atoms with Gasteiger partial charge < -0.3 is 5.32 Å². The van der Waals surface area contributed by atoms with E-state index < -0.39 is 0 Å². The van der Waals surface area contributed by atoms with Gasteiger partial charge in [0, 0.05) is 6.04 Å². The summed E-state index contributed by atoms with van der Waals surface area (Å²) in [4.78, 5) is 0. The average molecular weight is 342 g/mol. The van der Waals surface area contributed by atoms with Crippen molar-refractivity contribution in [3.05, 3.63) is 34.1 Å². The van der Waals surface area contributed by atoms with Crippen LogP contribution in [0.3, 0.4) is 0 Å². The van der Waals surface area contributed by atoms with Crippen LogP contribution in [0.15, 0.2) is 22.7 Å². The quantitative estimate of drug-likeness (QED) is 0.750. The van der Waals surface area contributed by atoms with Gasteiger partial charge in [0.1, 0.15) is 5.82 Å². The summed E-state index contributed by atoms with van der Waals surface area (Å²) in [6, 6.07) is 5.67. The zero-order valence-electron chi connectivity index (χ0n) is 12.5.